The topological polar surface area (TPSA) is 4.93 Å². The normalized spacial score (nSPS) is 11.7. The van der Waals surface area contributed by atoms with Crippen LogP contribution in [0.2, 0.25) is 0 Å². The second-order valence-electron chi connectivity index (χ2n) is 6.89. The molecule has 128 valence electrons. The molecule has 0 saturated carbocycles. The largest absolute Gasteiger partial charge is 0.341 e. The molecule has 0 aliphatic rings. The van der Waals surface area contributed by atoms with Crippen LogP contribution in [0.25, 0.3) is 21.8 Å². The van der Waals surface area contributed by atoms with Gasteiger partial charge in [0, 0.05) is 33.2 Å². The molecule has 0 fully saturated rings. The first-order chi connectivity index (χ1) is 11.6. The van der Waals surface area contributed by atoms with E-state index in [1.807, 2.05) is 11.8 Å². The summed E-state index contributed by atoms with van der Waals surface area (Å²) in [5.41, 5.74) is 6.94. The second kappa shape index (κ2) is 7.23. The van der Waals surface area contributed by atoms with E-state index in [-0.39, 0.29) is 0 Å². The average molecular weight is 340 g/mol. The van der Waals surface area contributed by atoms with E-state index in [0.29, 0.717) is 0 Å². The van der Waals surface area contributed by atoms with Crippen molar-refractivity contribution in [2.75, 3.05) is 5.75 Å². The quantitative estimate of drug-likeness (QED) is 0.345. The van der Waals surface area contributed by atoms with Crippen molar-refractivity contribution in [1.29, 1.82) is 0 Å². The summed E-state index contributed by atoms with van der Waals surface area (Å²) in [6.07, 6.45) is 3.94. The first-order valence-corrected chi connectivity index (χ1v) is 10.2. The average Bonchev–Trinajstić information content (AvgIpc) is 2.84. The molecule has 2 heteroatoms. The predicted molar refractivity (Wildman–Crippen MR) is 110 cm³/mol. The third-order valence-corrected chi connectivity index (χ3v) is 6.34. The van der Waals surface area contributed by atoms with Crippen LogP contribution < -0.4 is 0 Å². The van der Waals surface area contributed by atoms with Crippen LogP contribution >= 0.6 is 11.8 Å². The molecule has 0 bridgehead atoms. The first kappa shape index (κ1) is 17.4. The molecule has 1 heterocycles. The van der Waals surface area contributed by atoms with E-state index in [0.717, 1.165) is 6.54 Å². The lowest BCUT2D eigenvalue weighted by molar-refractivity contribution is 0.778. The van der Waals surface area contributed by atoms with Crippen molar-refractivity contribution in [3.8, 4) is 0 Å². The van der Waals surface area contributed by atoms with E-state index in [2.05, 4.69) is 63.5 Å². The molecule has 3 aromatic rings. The molecular weight excluding hydrogens is 310 g/mol. The lowest BCUT2D eigenvalue weighted by atomic mass is 10.0. The summed E-state index contributed by atoms with van der Waals surface area (Å²) in [5.74, 6) is 1.23. The van der Waals surface area contributed by atoms with Gasteiger partial charge >= 0.3 is 0 Å². The number of benzene rings is 2. The van der Waals surface area contributed by atoms with Crippen molar-refractivity contribution in [1.82, 2.24) is 4.57 Å². The molecule has 1 aromatic heterocycles. The minimum atomic E-state index is 1.02. The van der Waals surface area contributed by atoms with Crippen molar-refractivity contribution in [3.63, 3.8) is 0 Å². The molecule has 0 saturated heterocycles. The molecule has 1 nitrogen and oxygen atoms in total. The number of aromatic nitrogens is 1. The number of unbranched alkanes of at least 4 members (excludes halogenated alkanes) is 2. The van der Waals surface area contributed by atoms with E-state index < -0.39 is 0 Å². The maximum absolute atomic E-state index is 2.47. The molecule has 0 N–H and O–H groups in total. The Balaban J connectivity index is 2.13. The highest BCUT2D eigenvalue weighted by atomic mass is 32.2. The molecule has 0 aliphatic heterocycles. The molecule has 0 aliphatic carbocycles. The Labute approximate surface area is 150 Å². The lowest BCUT2D eigenvalue weighted by Gasteiger charge is -2.08. The van der Waals surface area contributed by atoms with Gasteiger partial charge in [0.1, 0.15) is 0 Å². The maximum atomic E-state index is 2.47. The minimum absolute atomic E-state index is 1.02. The van der Waals surface area contributed by atoms with Gasteiger partial charge in [-0.05, 0) is 80.8 Å². The van der Waals surface area contributed by atoms with Gasteiger partial charge < -0.3 is 4.57 Å². The highest BCUT2D eigenvalue weighted by Gasteiger charge is 2.13. The smallest absolute Gasteiger partial charge is 0.0494 e. The Kier molecular flexibility index (Phi) is 5.24. The van der Waals surface area contributed by atoms with Crippen LogP contribution in [0, 0.1) is 20.8 Å². The highest BCUT2D eigenvalue weighted by molar-refractivity contribution is 7.99. The van der Waals surface area contributed by atoms with Crippen molar-refractivity contribution in [2.45, 2.75) is 65.3 Å². The van der Waals surface area contributed by atoms with Crippen LogP contribution in [0.15, 0.2) is 29.2 Å². The summed E-state index contributed by atoms with van der Waals surface area (Å²) < 4.78 is 2.47. The zero-order valence-electron chi connectivity index (χ0n) is 15.7. The number of hydrogen-bond donors (Lipinski definition) is 0. The zero-order valence-corrected chi connectivity index (χ0v) is 16.5. The lowest BCUT2D eigenvalue weighted by Crippen LogP contribution is -1.94. The predicted octanol–water partition coefficient (Wildman–Crippen LogP) is 7.02. The molecule has 0 radical (unpaired) electrons. The minimum Gasteiger partial charge on any atom is -0.341 e. The highest BCUT2D eigenvalue weighted by Crippen LogP contribution is 2.36. The number of hydrogen-bond acceptors (Lipinski definition) is 1. The van der Waals surface area contributed by atoms with Crippen molar-refractivity contribution < 1.29 is 0 Å². The summed E-state index contributed by atoms with van der Waals surface area (Å²) in [6.45, 7) is 12.2. The number of thioether (sulfide) groups is 1. The Morgan fingerprint density at radius 3 is 2.08 bits per heavy atom. The van der Waals surface area contributed by atoms with Crippen molar-refractivity contribution in [3.05, 3.63) is 41.0 Å². The van der Waals surface area contributed by atoms with Crippen LogP contribution in [-0.2, 0) is 6.54 Å². The zero-order chi connectivity index (χ0) is 17.3. The van der Waals surface area contributed by atoms with E-state index >= 15 is 0 Å². The van der Waals surface area contributed by atoms with Crippen LogP contribution in [0.5, 0.6) is 0 Å². The van der Waals surface area contributed by atoms with E-state index in [1.165, 1.54) is 68.4 Å². The van der Waals surface area contributed by atoms with Gasteiger partial charge in [-0.1, -0.05) is 19.8 Å². The molecule has 2 aromatic carbocycles. The van der Waals surface area contributed by atoms with Crippen LogP contribution in [-0.4, -0.2) is 10.3 Å². The summed E-state index contributed by atoms with van der Waals surface area (Å²) in [6, 6.07) is 9.56. The molecular formula is C22H29NS. The second-order valence-corrected chi connectivity index (χ2v) is 8.03. The molecule has 0 amide bonds. The van der Waals surface area contributed by atoms with Gasteiger partial charge in [-0.2, -0.15) is 0 Å². The molecule has 3 rings (SSSR count). The van der Waals surface area contributed by atoms with Gasteiger partial charge in [0.05, 0.1) is 0 Å². The number of fused-ring (bicyclic) bond motifs is 3. The fourth-order valence-electron chi connectivity index (χ4n) is 3.51. The number of rotatable bonds is 6. The standard InChI is InChI=1S/C22H29NS/c1-6-8-9-10-24-22-14-19-18-11-15(3)16(4)12-20(18)23(7-2)21(19)13-17(22)5/h11-14H,6-10H2,1-5H3. The Hall–Kier alpha value is -1.41. The van der Waals surface area contributed by atoms with E-state index in [1.54, 1.807) is 0 Å². The summed E-state index contributed by atoms with van der Waals surface area (Å²) in [4.78, 5) is 1.45. The molecule has 0 unspecified atom stereocenters. The van der Waals surface area contributed by atoms with Gasteiger partial charge in [0.2, 0.25) is 0 Å². The van der Waals surface area contributed by atoms with Gasteiger partial charge in [-0.25, -0.2) is 0 Å². The molecule has 0 atom stereocenters. The molecule has 0 spiro atoms. The van der Waals surface area contributed by atoms with Gasteiger partial charge in [0.25, 0.3) is 0 Å². The Morgan fingerprint density at radius 1 is 0.792 bits per heavy atom. The SMILES string of the molecule is CCCCCSc1cc2c3cc(C)c(C)cc3n(CC)c2cc1C. The van der Waals surface area contributed by atoms with Crippen LogP contribution in [0.3, 0.4) is 0 Å². The van der Waals surface area contributed by atoms with Gasteiger partial charge in [-0.3, -0.25) is 0 Å². The molecule has 24 heavy (non-hydrogen) atoms. The van der Waals surface area contributed by atoms with Gasteiger partial charge in [-0.15, -0.1) is 11.8 Å². The third kappa shape index (κ3) is 3.09. The number of nitrogens with zero attached hydrogens (tertiary/aromatic N) is 1. The van der Waals surface area contributed by atoms with E-state index in [4.69, 9.17) is 0 Å². The summed E-state index contributed by atoms with van der Waals surface area (Å²) in [7, 11) is 0. The summed E-state index contributed by atoms with van der Waals surface area (Å²) in [5, 5.41) is 2.82. The Bertz CT molecular complexity index is 873. The monoisotopic (exact) mass is 339 g/mol. The Morgan fingerprint density at radius 2 is 1.42 bits per heavy atom. The first-order valence-electron chi connectivity index (χ1n) is 9.23. The third-order valence-electron chi connectivity index (χ3n) is 5.10. The van der Waals surface area contributed by atoms with Crippen molar-refractivity contribution in [2.24, 2.45) is 0 Å². The van der Waals surface area contributed by atoms with E-state index in [9.17, 15) is 0 Å². The number of aryl methyl sites for hydroxylation is 4. The van der Waals surface area contributed by atoms with Crippen LogP contribution in [0.1, 0.15) is 49.8 Å². The fourth-order valence-corrected chi connectivity index (χ4v) is 4.57. The van der Waals surface area contributed by atoms with Crippen LogP contribution in [0.4, 0.5) is 0 Å². The van der Waals surface area contributed by atoms with Gasteiger partial charge in [0.15, 0.2) is 0 Å². The fraction of sp³-hybridized carbons (Fsp3) is 0.455. The van der Waals surface area contributed by atoms with Crippen molar-refractivity contribution >= 4 is 33.6 Å². The maximum Gasteiger partial charge on any atom is 0.0494 e. The summed E-state index contributed by atoms with van der Waals surface area (Å²) >= 11 is 2.03.